The number of thiophene rings is 1. The van der Waals surface area contributed by atoms with E-state index in [4.69, 9.17) is 11.6 Å². The number of carbonyl (C=O) groups is 1. The van der Waals surface area contributed by atoms with Gasteiger partial charge in [0.15, 0.2) is 0 Å². The molecule has 28 heavy (non-hydrogen) atoms. The molecule has 0 spiro atoms. The quantitative estimate of drug-likeness (QED) is 0.572. The minimum atomic E-state index is -0.226. The van der Waals surface area contributed by atoms with E-state index in [2.05, 4.69) is 32.2 Å². The molecule has 1 aliphatic carbocycles. The van der Waals surface area contributed by atoms with Crippen molar-refractivity contribution in [3.8, 4) is 6.07 Å². The third-order valence-corrected chi connectivity index (χ3v) is 7.35. The minimum Gasteiger partial charge on any atom is -0.313 e. The largest absolute Gasteiger partial charge is 0.313 e. The van der Waals surface area contributed by atoms with E-state index in [0.29, 0.717) is 26.9 Å². The minimum absolute atomic E-state index is 0.226. The lowest BCUT2D eigenvalue weighted by Gasteiger charge is -2.36. The SMILES string of the molecule is CCC(C)(C)C1CCc2c(sc(NC(=O)/C=C/c3ccc(Cl)cc3)c2C#N)C1. The zero-order chi connectivity index (χ0) is 20.3. The number of anilines is 1. The van der Waals surface area contributed by atoms with Gasteiger partial charge in [0.1, 0.15) is 11.1 Å². The molecule has 1 heterocycles. The molecule has 0 saturated heterocycles. The Morgan fingerprint density at radius 3 is 2.75 bits per heavy atom. The Hall–Kier alpha value is -2.09. The smallest absolute Gasteiger partial charge is 0.249 e. The Balaban J connectivity index is 1.76. The second-order valence-electron chi connectivity index (χ2n) is 7.98. The average molecular weight is 413 g/mol. The zero-order valence-corrected chi connectivity index (χ0v) is 18.1. The summed E-state index contributed by atoms with van der Waals surface area (Å²) in [6, 6.07) is 9.59. The van der Waals surface area contributed by atoms with Crippen LogP contribution >= 0.6 is 22.9 Å². The number of nitriles is 1. The van der Waals surface area contributed by atoms with Crippen LogP contribution in [0, 0.1) is 22.7 Å². The Labute approximate surface area is 176 Å². The van der Waals surface area contributed by atoms with Crippen LogP contribution in [0.4, 0.5) is 5.00 Å². The molecule has 0 radical (unpaired) electrons. The molecule has 5 heteroatoms. The van der Waals surface area contributed by atoms with Gasteiger partial charge in [0.25, 0.3) is 0 Å². The predicted octanol–water partition coefficient (Wildman–Crippen LogP) is 6.47. The summed E-state index contributed by atoms with van der Waals surface area (Å²) >= 11 is 7.44. The van der Waals surface area contributed by atoms with Gasteiger partial charge in [-0.15, -0.1) is 11.3 Å². The van der Waals surface area contributed by atoms with Crippen LogP contribution in [0.2, 0.25) is 5.02 Å². The summed E-state index contributed by atoms with van der Waals surface area (Å²) in [7, 11) is 0. The van der Waals surface area contributed by atoms with Crippen molar-refractivity contribution in [3.63, 3.8) is 0 Å². The standard InChI is InChI=1S/C23H25ClN2OS/c1-4-23(2,3)16-8-11-18-19(14-25)22(28-20(18)13-16)26-21(27)12-7-15-5-9-17(24)10-6-15/h5-7,9-10,12,16H,4,8,11,13H2,1-3H3,(H,26,27)/b12-7+. The molecule has 1 unspecified atom stereocenters. The monoisotopic (exact) mass is 412 g/mol. The van der Waals surface area contributed by atoms with E-state index >= 15 is 0 Å². The van der Waals surface area contributed by atoms with Crippen LogP contribution in [0.3, 0.4) is 0 Å². The zero-order valence-electron chi connectivity index (χ0n) is 16.5. The van der Waals surface area contributed by atoms with Crippen LogP contribution in [0.25, 0.3) is 6.08 Å². The van der Waals surface area contributed by atoms with Crippen molar-refractivity contribution in [3.05, 3.63) is 56.9 Å². The molecule has 3 nitrogen and oxygen atoms in total. The van der Waals surface area contributed by atoms with E-state index in [1.807, 2.05) is 12.1 Å². The summed E-state index contributed by atoms with van der Waals surface area (Å²) < 4.78 is 0. The van der Waals surface area contributed by atoms with Crippen LogP contribution in [-0.4, -0.2) is 5.91 Å². The van der Waals surface area contributed by atoms with Gasteiger partial charge in [-0.25, -0.2) is 0 Å². The highest BCUT2D eigenvalue weighted by molar-refractivity contribution is 7.16. The third kappa shape index (κ3) is 4.48. The maximum Gasteiger partial charge on any atom is 0.249 e. The van der Waals surface area contributed by atoms with Crippen LogP contribution < -0.4 is 5.32 Å². The molecule has 0 bridgehead atoms. The highest BCUT2D eigenvalue weighted by Gasteiger charge is 2.33. The number of hydrogen-bond donors (Lipinski definition) is 1. The van der Waals surface area contributed by atoms with Crippen molar-refractivity contribution in [2.24, 2.45) is 11.3 Å². The maximum atomic E-state index is 12.4. The number of carbonyl (C=O) groups excluding carboxylic acids is 1. The number of benzene rings is 1. The van der Waals surface area contributed by atoms with Crippen molar-refractivity contribution < 1.29 is 4.79 Å². The summed E-state index contributed by atoms with van der Waals surface area (Å²) in [5.74, 6) is 0.388. The number of amides is 1. The summed E-state index contributed by atoms with van der Waals surface area (Å²) in [6.07, 6.45) is 7.38. The van der Waals surface area contributed by atoms with Gasteiger partial charge >= 0.3 is 0 Å². The van der Waals surface area contributed by atoms with Gasteiger partial charge in [-0.3, -0.25) is 4.79 Å². The number of nitrogens with one attached hydrogen (secondary N) is 1. The maximum absolute atomic E-state index is 12.4. The summed E-state index contributed by atoms with van der Waals surface area (Å²) in [6.45, 7) is 6.89. The third-order valence-electron chi connectivity index (χ3n) is 5.93. The highest BCUT2D eigenvalue weighted by Crippen LogP contribution is 2.45. The lowest BCUT2D eigenvalue weighted by atomic mass is 9.69. The first-order valence-electron chi connectivity index (χ1n) is 9.63. The number of fused-ring (bicyclic) bond motifs is 1. The molecule has 0 fully saturated rings. The van der Waals surface area contributed by atoms with Crippen molar-refractivity contribution in [1.82, 2.24) is 0 Å². The second-order valence-corrected chi connectivity index (χ2v) is 9.52. The van der Waals surface area contributed by atoms with Gasteiger partial charge in [-0.1, -0.05) is 50.9 Å². The fourth-order valence-corrected chi connectivity index (χ4v) is 5.05. The summed E-state index contributed by atoms with van der Waals surface area (Å²) in [5, 5.41) is 13.9. The van der Waals surface area contributed by atoms with Crippen LogP contribution in [0.15, 0.2) is 30.3 Å². The van der Waals surface area contributed by atoms with Gasteiger partial charge in [-0.05, 0) is 59.9 Å². The van der Waals surface area contributed by atoms with Crippen molar-refractivity contribution >= 4 is 39.9 Å². The fraction of sp³-hybridized carbons (Fsp3) is 0.391. The van der Waals surface area contributed by atoms with Crippen molar-refractivity contribution in [2.45, 2.75) is 46.5 Å². The van der Waals surface area contributed by atoms with E-state index in [1.54, 1.807) is 29.5 Å². The van der Waals surface area contributed by atoms with Crippen LogP contribution in [-0.2, 0) is 17.6 Å². The molecule has 0 saturated carbocycles. The van der Waals surface area contributed by atoms with Gasteiger partial charge in [0, 0.05) is 16.0 Å². The summed E-state index contributed by atoms with van der Waals surface area (Å²) in [4.78, 5) is 13.6. The fourth-order valence-electron chi connectivity index (χ4n) is 3.65. The lowest BCUT2D eigenvalue weighted by molar-refractivity contribution is -0.111. The van der Waals surface area contributed by atoms with Gasteiger partial charge in [-0.2, -0.15) is 5.26 Å². The van der Waals surface area contributed by atoms with Crippen LogP contribution in [0.1, 0.15) is 55.2 Å². The molecule has 1 aromatic heterocycles. The Morgan fingerprint density at radius 1 is 1.39 bits per heavy atom. The molecule has 1 atom stereocenters. The normalized spacial score (nSPS) is 16.6. The van der Waals surface area contributed by atoms with E-state index in [9.17, 15) is 10.1 Å². The summed E-state index contributed by atoms with van der Waals surface area (Å²) in [5.41, 5.74) is 2.96. The van der Waals surface area contributed by atoms with Gasteiger partial charge in [0.2, 0.25) is 5.91 Å². The van der Waals surface area contributed by atoms with E-state index in [-0.39, 0.29) is 5.91 Å². The Kier molecular flexibility index (Phi) is 6.27. The first kappa shape index (κ1) is 20.6. The number of rotatable bonds is 5. The van der Waals surface area contributed by atoms with E-state index < -0.39 is 0 Å². The van der Waals surface area contributed by atoms with E-state index in [0.717, 1.165) is 36.8 Å². The molecule has 0 aliphatic heterocycles. The van der Waals surface area contributed by atoms with Crippen molar-refractivity contribution in [1.29, 1.82) is 5.26 Å². The van der Waals surface area contributed by atoms with Crippen LogP contribution in [0.5, 0.6) is 0 Å². The Morgan fingerprint density at radius 2 is 2.11 bits per heavy atom. The molecular formula is C23H25ClN2OS. The molecule has 1 amide bonds. The molecule has 1 N–H and O–H groups in total. The van der Waals surface area contributed by atoms with Crippen molar-refractivity contribution in [2.75, 3.05) is 5.32 Å². The van der Waals surface area contributed by atoms with Gasteiger partial charge in [0.05, 0.1) is 5.56 Å². The number of nitrogens with zero attached hydrogens (tertiary/aromatic N) is 1. The molecule has 1 aliphatic rings. The Bertz CT molecular complexity index is 935. The predicted molar refractivity (Wildman–Crippen MR) is 118 cm³/mol. The number of halogens is 1. The first-order chi connectivity index (χ1) is 13.3. The molecule has 3 rings (SSSR count). The lowest BCUT2D eigenvalue weighted by Crippen LogP contribution is -2.28. The topological polar surface area (TPSA) is 52.9 Å². The average Bonchev–Trinajstić information content (AvgIpc) is 3.03. The molecule has 146 valence electrons. The molecule has 1 aromatic carbocycles. The highest BCUT2D eigenvalue weighted by atomic mass is 35.5. The molecular weight excluding hydrogens is 388 g/mol. The first-order valence-corrected chi connectivity index (χ1v) is 10.8. The molecule has 2 aromatic rings. The second kappa shape index (κ2) is 8.51. The van der Waals surface area contributed by atoms with Gasteiger partial charge < -0.3 is 5.32 Å². The van der Waals surface area contributed by atoms with E-state index in [1.165, 1.54) is 11.0 Å². The number of hydrogen-bond acceptors (Lipinski definition) is 3.